The second-order valence-corrected chi connectivity index (χ2v) is 5.68. The topological polar surface area (TPSA) is 77.1 Å². The largest absolute Gasteiger partial charge is 0.488 e. The number of nitrogens with zero attached hydrogens (tertiary/aromatic N) is 2. The fourth-order valence-electron chi connectivity index (χ4n) is 2.23. The summed E-state index contributed by atoms with van der Waals surface area (Å²) >= 11 is 5.99. The van der Waals surface area contributed by atoms with Gasteiger partial charge in [0.25, 0.3) is 0 Å². The van der Waals surface area contributed by atoms with E-state index in [1.165, 1.54) is 0 Å². The molecule has 0 radical (unpaired) electrons. The van der Waals surface area contributed by atoms with E-state index >= 15 is 0 Å². The number of benzene rings is 1. The monoisotopic (exact) mass is 357 g/mol. The summed E-state index contributed by atoms with van der Waals surface area (Å²) in [5.41, 5.74) is 1.68. The van der Waals surface area contributed by atoms with E-state index in [0.717, 1.165) is 5.56 Å². The van der Waals surface area contributed by atoms with Gasteiger partial charge in [-0.3, -0.25) is 4.98 Å². The molecule has 25 heavy (non-hydrogen) atoms. The number of rotatable bonds is 6. The molecule has 0 saturated heterocycles. The lowest BCUT2D eigenvalue weighted by Crippen LogP contribution is -2.13. The molecule has 128 valence electrons. The summed E-state index contributed by atoms with van der Waals surface area (Å²) in [5.74, 6) is 0.688. The Morgan fingerprint density at radius 2 is 2.12 bits per heavy atom. The molecule has 0 fully saturated rings. The van der Waals surface area contributed by atoms with Crippen molar-refractivity contribution in [1.82, 2.24) is 15.0 Å². The number of carbonyl (C=O) groups is 1. The number of pyridine rings is 1. The summed E-state index contributed by atoms with van der Waals surface area (Å²) in [5, 5.41) is 0.600. The van der Waals surface area contributed by atoms with Crippen LogP contribution < -0.4 is 4.74 Å². The third-order valence-electron chi connectivity index (χ3n) is 3.40. The zero-order chi connectivity index (χ0) is 17.6. The first-order valence-electron chi connectivity index (χ1n) is 7.66. The van der Waals surface area contributed by atoms with Gasteiger partial charge in [0.1, 0.15) is 24.8 Å². The van der Waals surface area contributed by atoms with E-state index in [9.17, 15) is 4.79 Å². The van der Waals surface area contributed by atoms with Gasteiger partial charge in [-0.2, -0.15) is 0 Å². The van der Waals surface area contributed by atoms with Gasteiger partial charge in [-0.15, -0.1) is 0 Å². The van der Waals surface area contributed by atoms with Crippen molar-refractivity contribution in [3.63, 3.8) is 0 Å². The highest BCUT2D eigenvalue weighted by Gasteiger charge is 2.17. The number of imidazole rings is 1. The van der Waals surface area contributed by atoms with Crippen LogP contribution in [0.5, 0.6) is 5.75 Å². The van der Waals surface area contributed by atoms with Crippen LogP contribution in [-0.4, -0.2) is 34.1 Å². The van der Waals surface area contributed by atoms with E-state index in [0.29, 0.717) is 22.3 Å². The summed E-state index contributed by atoms with van der Waals surface area (Å²) in [6.07, 6.45) is 3.25. The van der Waals surface area contributed by atoms with Crippen LogP contribution >= 0.6 is 11.6 Å². The second kappa shape index (κ2) is 7.81. The van der Waals surface area contributed by atoms with Gasteiger partial charge in [0.05, 0.1) is 6.20 Å². The minimum atomic E-state index is -0.503. The van der Waals surface area contributed by atoms with E-state index < -0.39 is 5.97 Å². The molecule has 1 N–H and O–H groups in total. The summed E-state index contributed by atoms with van der Waals surface area (Å²) in [6.45, 7) is 2.12. The Labute approximate surface area is 149 Å². The minimum Gasteiger partial charge on any atom is -0.488 e. The van der Waals surface area contributed by atoms with Gasteiger partial charge in [0.15, 0.2) is 5.69 Å². The predicted octanol–water partition coefficient (Wildman–Crippen LogP) is 3.67. The van der Waals surface area contributed by atoms with Crippen molar-refractivity contribution < 1.29 is 14.3 Å². The molecule has 3 aromatic rings. The number of aromatic amines is 1. The van der Waals surface area contributed by atoms with Gasteiger partial charge >= 0.3 is 5.97 Å². The number of halogens is 1. The average molecular weight is 358 g/mol. The molecular weight excluding hydrogens is 342 g/mol. The van der Waals surface area contributed by atoms with E-state index in [2.05, 4.69) is 15.0 Å². The number of hydrogen-bond acceptors (Lipinski definition) is 5. The molecule has 0 aliphatic rings. The van der Waals surface area contributed by atoms with Crippen molar-refractivity contribution in [2.45, 2.75) is 6.92 Å². The van der Waals surface area contributed by atoms with E-state index in [4.69, 9.17) is 21.1 Å². The molecular formula is C18H16ClN3O3. The third-order valence-corrected chi connectivity index (χ3v) is 3.63. The molecule has 7 heteroatoms. The number of esters is 1. The maximum atomic E-state index is 12.2. The van der Waals surface area contributed by atoms with Gasteiger partial charge in [0.2, 0.25) is 0 Å². The molecule has 6 nitrogen and oxygen atoms in total. The Morgan fingerprint density at radius 1 is 1.24 bits per heavy atom. The maximum absolute atomic E-state index is 12.2. The normalized spacial score (nSPS) is 10.5. The molecule has 0 aliphatic heterocycles. The Bertz CT molecular complexity index is 865. The molecule has 2 aromatic heterocycles. The van der Waals surface area contributed by atoms with Crippen molar-refractivity contribution in [2.75, 3.05) is 13.2 Å². The summed E-state index contributed by atoms with van der Waals surface area (Å²) in [7, 11) is 0. The van der Waals surface area contributed by atoms with E-state index in [-0.39, 0.29) is 18.9 Å². The molecule has 0 bridgehead atoms. The zero-order valence-corrected chi connectivity index (χ0v) is 14.3. The first kappa shape index (κ1) is 17.0. The van der Waals surface area contributed by atoms with Crippen molar-refractivity contribution in [2.24, 2.45) is 0 Å². The van der Waals surface area contributed by atoms with Crippen LogP contribution in [0.3, 0.4) is 0 Å². The van der Waals surface area contributed by atoms with Gasteiger partial charge < -0.3 is 14.5 Å². The zero-order valence-electron chi connectivity index (χ0n) is 13.5. The van der Waals surface area contributed by atoms with Crippen LogP contribution in [0.25, 0.3) is 11.4 Å². The summed E-state index contributed by atoms with van der Waals surface area (Å²) < 4.78 is 10.6. The Kier molecular flexibility index (Phi) is 5.30. The molecule has 0 aliphatic carbocycles. The molecule has 2 heterocycles. The van der Waals surface area contributed by atoms with E-state index in [1.807, 2.05) is 12.1 Å². The number of ether oxygens (including phenoxy) is 2. The van der Waals surface area contributed by atoms with E-state index in [1.54, 1.807) is 43.6 Å². The van der Waals surface area contributed by atoms with Gasteiger partial charge in [0, 0.05) is 22.5 Å². The van der Waals surface area contributed by atoms with Crippen molar-refractivity contribution in [3.8, 4) is 17.1 Å². The number of aryl methyl sites for hydroxylation is 1. The summed E-state index contributed by atoms with van der Waals surface area (Å²) in [6, 6.07) is 10.8. The van der Waals surface area contributed by atoms with Gasteiger partial charge in [-0.25, -0.2) is 9.78 Å². The fourth-order valence-corrected chi connectivity index (χ4v) is 2.42. The van der Waals surface area contributed by atoms with Crippen LogP contribution in [0, 0.1) is 6.92 Å². The molecule has 0 saturated carbocycles. The quantitative estimate of drug-likeness (QED) is 0.538. The van der Waals surface area contributed by atoms with Gasteiger partial charge in [-0.1, -0.05) is 23.7 Å². The molecule has 0 atom stereocenters. The third kappa shape index (κ3) is 4.36. The highest BCUT2D eigenvalue weighted by atomic mass is 35.5. The maximum Gasteiger partial charge on any atom is 0.358 e. The predicted molar refractivity (Wildman–Crippen MR) is 93.8 cm³/mol. The molecule has 0 spiro atoms. The Hall–Kier alpha value is -2.86. The lowest BCUT2D eigenvalue weighted by molar-refractivity contribution is 0.0443. The van der Waals surface area contributed by atoms with Crippen molar-refractivity contribution >= 4 is 17.6 Å². The van der Waals surface area contributed by atoms with Crippen LogP contribution in [0.15, 0.2) is 48.8 Å². The van der Waals surface area contributed by atoms with Crippen molar-refractivity contribution in [1.29, 1.82) is 0 Å². The van der Waals surface area contributed by atoms with Crippen LogP contribution in [-0.2, 0) is 4.74 Å². The van der Waals surface area contributed by atoms with Crippen LogP contribution in [0.1, 0.15) is 16.2 Å². The minimum absolute atomic E-state index is 0.118. The molecule has 0 amide bonds. The smallest absolute Gasteiger partial charge is 0.358 e. The average Bonchev–Trinajstić information content (AvgIpc) is 3.01. The highest BCUT2D eigenvalue weighted by molar-refractivity contribution is 6.30. The first-order valence-corrected chi connectivity index (χ1v) is 8.04. The summed E-state index contributed by atoms with van der Waals surface area (Å²) in [4.78, 5) is 23.5. The number of nitrogens with one attached hydrogen (secondary N) is 1. The van der Waals surface area contributed by atoms with Crippen molar-refractivity contribution in [3.05, 3.63) is 65.2 Å². The Balaban J connectivity index is 1.59. The molecule has 0 unspecified atom stereocenters. The second-order valence-electron chi connectivity index (χ2n) is 5.24. The number of hydrogen-bond donors (Lipinski definition) is 1. The first-order chi connectivity index (χ1) is 12.1. The van der Waals surface area contributed by atoms with Gasteiger partial charge in [-0.05, 0) is 31.2 Å². The number of aromatic nitrogens is 3. The fraction of sp³-hybridized carbons (Fsp3) is 0.167. The number of carbonyl (C=O) groups excluding carboxylic acids is 1. The lowest BCUT2D eigenvalue weighted by atomic mass is 10.2. The van der Waals surface area contributed by atoms with Crippen LogP contribution in [0.2, 0.25) is 5.02 Å². The number of H-pyrrole nitrogens is 1. The standard InChI is InChI=1S/C18H16ClN3O3/c1-12-16(22-17(21-12)13-4-2-5-14(19)10-13)18(23)25-9-8-24-15-6-3-7-20-11-15/h2-7,10-11H,8-9H2,1H3,(H,21,22). The molecule has 1 aromatic carbocycles. The lowest BCUT2D eigenvalue weighted by Gasteiger charge is -2.06. The Morgan fingerprint density at radius 3 is 2.88 bits per heavy atom. The van der Waals surface area contributed by atoms with Crippen LogP contribution in [0.4, 0.5) is 0 Å². The molecule has 3 rings (SSSR count). The SMILES string of the molecule is Cc1[nH]c(-c2cccc(Cl)c2)nc1C(=O)OCCOc1cccnc1. The highest BCUT2D eigenvalue weighted by Crippen LogP contribution is 2.21.